The minimum absolute atomic E-state index is 0.210. The molecule has 0 aliphatic carbocycles. The lowest BCUT2D eigenvalue weighted by Gasteiger charge is -2.36. The molecule has 1 aromatic heterocycles. The summed E-state index contributed by atoms with van der Waals surface area (Å²) in [6.07, 6.45) is 3.08. The summed E-state index contributed by atoms with van der Waals surface area (Å²) in [6, 6.07) is 2.47. The monoisotopic (exact) mass is 292 g/mol. The fourth-order valence-corrected chi connectivity index (χ4v) is 2.12. The first kappa shape index (κ1) is 17.7. The van der Waals surface area contributed by atoms with Crippen molar-refractivity contribution in [3.05, 3.63) is 11.9 Å². The van der Waals surface area contributed by atoms with Crippen LogP contribution in [0.2, 0.25) is 0 Å². The topological polar surface area (TPSA) is 41.0 Å². The Hall–Kier alpha value is -1.32. The second-order valence-corrected chi connectivity index (χ2v) is 6.86. The van der Waals surface area contributed by atoms with Gasteiger partial charge < -0.3 is 10.2 Å². The van der Waals surface area contributed by atoms with Crippen LogP contribution in [0.3, 0.4) is 0 Å². The largest absolute Gasteiger partial charge is 0.370 e. The molecule has 120 valence electrons. The fraction of sp³-hybridized carbons (Fsp3) is 0.765. The molecule has 4 nitrogen and oxygen atoms in total. The molecule has 21 heavy (non-hydrogen) atoms. The average Bonchev–Trinajstić information content (AvgIpc) is 2.42. The molecule has 0 bridgehead atoms. The molecule has 0 amide bonds. The summed E-state index contributed by atoms with van der Waals surface area (Å²) in [7, 11) is 2.12. The van der Waals surface area contributed by atoms with Gasteiger partial charge in [-0.2, -0.15) is 0 Å². The van der Waals surface area contributed by atoms with E-state index in [1.807, 2.05) is 0 Å². The van der Waals surface area contributed by atoms with Gasteiger partial charge in [0, 0.05) is 32.1 Å². The second-order valence-electron chi connectivity index (χ2n) is 6.86. The Morgan fingerprint density at radius 3 is 2.38 bits per heavy atom. The first-order chi connectivity index (χ1) is 9.79. The maximum Gasteiger partial charge on any atom is 0.134 e. The molecule has 1 rings (SSSR count). The van der Waals surface area contributed by atoms with Gasteiger partial charge in [-0.25, -0.2) is 9.97 Å². The van der Waals surface area contributed by atoms with Crippen molar-refractivity contribution in [1.82, 2.24) is 9.97 Å². The average molecular weight is 292 g/mol. The summed E-state index contributed by atoms with van der Waals surface area (Å²) in [4.78, 5) is 11.6. The highest BCUT2D eigenvalue weighted by Crippen LogP contribution is 2.27. The van der Waals surface area contributed by atoms with Crippen molar-refractivity contribution in [2.75, 3.05) is 23.8 Å². The third kappa shape index (κ3) is 5.18. The zero-order valence-corrected chi connectivity index (χ0v) is 14.8. The quantitative estimate of drug-likeness (QED) is 0.820. The number of rotatable bonds is 7. The highest BCUT2D eigenvalue weighted by Gasteiger charge is 2.25. The molecule has 0 saturated heterocycles. The van der Waals surface area contributed by atoms with E-state index in [1.165, 1.54) is 0 Å². The summed E-state index contributed by atoms with van der Waals surface area (Å²) >= 11 is 0. The SMILES string of the molecule is CCCNc1cc(N(C)C(C)C(C)(C)C)nc(CCC)n1. The minimum Gasteiger partial charge on any atom is -0.370 e. The van der Waals surface area contributed by atoms with Crippen LogP contribution in [0.1, 0.15) is 60.2 Å². The molecule has 1 aromatic rings. The van der Waals surface area contributed by atoms with Gasteiger partial charge in [0.25, 0.3) is 0 Å². The van der Waals surface area contributed by atoms with Crippen molar-refractivity contribution >= 4 is 11.6 Å². The van der Waals surface area contributed by atoms with E-state index in [2.05, 4.69) is 69.9 Å². The highest BCUT2D eigenvalue weighted by atomic mass is 15.2. The van der Waals surface area contributed by atoms with Gasteiger partial charge in [0.15, 0.2) is 0 Å². The third-order valence-electron chi connectivity index (χ3n) is 3.98. The van der Waals surface area contributed by atoms with Gasteiger partial charge in [0.2, 0.25) is 0 Å². The van der Waals surface area contributed by atoms with E-state index in [-0.39, 0.29) is 5.41 Å². The van der Waals surface area contributed by atoms with Gasteiger partial charge in [0.1, 0.15) is 17.5 Å². The molecule has 1 N–H and O–H groups in total. The Kier molecular flexibility index (Phi) is 6.43. The van der Waals surface area contributed by atoms with Crippen molar-refractivity contribution in [1.29, 1.82) is 0 Å². The number of hydrogen-bond donors (Lipinski definition) is 1. The highest BCUT2D eigenvalue weighted by molar-refractivity contribution is 5.49. The Bertz CT molecular complexity index is 437. The summed E-state index contributed by atoms with van der Waals surface area (Å²) in [5.41, 5.74) is 0.210. The summed E-state index contributed by atoms with van der Waals surface area (Å²) in [6.45, 7) is 14.3. The Balaban J connectivity index is 3.06. The Morgan fingerprint density at radius 2 is 1.86 bits per heavy atom. The first-order valence-corrected chi connectivity index (χ1v) is 8.14. The number of hydrogen-bond acceptors (Lipinski definition) is 4. The molecule has 0 spiro atoms. The molecule has 1 atom stereocenters. The van der Waals surface area contributed by atoms with Crippen LogP contribution in [0.4, 0.5) is 11.6 Å². The molecule has 1 heterocycles. The molecule has 0 saturated carbocycles. The van der Waals surface area contributed by atoms with Gasteiger partial charge in [-0.05, 0) is 25.2 Å². The van der Waals surface area contributed by atoms with Crippen molar-refractivity contribution < 1.29 is 0 Å². The lowest BCUT2D eigenvalue weighted by atomic mass is 9.87. The van der Waals surface area contributed by atoms with Gasteiger partial charge in [0.05, 0.1) is 0 Å². The van der Waals surface area contributed by atoms with E-state index in [9.17, 15) is 0 Å². The molecular formula is C17H32N4. The van der Waals surface area contributed by atoms with Crippen LogP contribution >= 0.6 is 0 Å². The predicted octanol–water partition coefficient (Wildman–Crippen LogP) is 4.12. The van der Waals surface area contributed by atoms with Crippen LogP contribution in [0.15, 0.2) is 6.07 Å². The van der Waals surface area contributed by atoms with Gasteiger partial charge in [-0.1, -0.05) is 34.6 Å². The van der Waals surface area contributed by atoms with Crippen LogP contribution in [-0.2, 0) is 6.42 Å². The zero-order valence-electron chi connectivity index (χ0n) is 14.8. The van der Waals surface area contributed by atoms with Crippen molar-refractivity contribution in [3.63, 3.8) is 0 Å². The maximum absolute atomic E-state index is 4.74. The van der Waals surface area contributed by atoms with Gasteiger partial charge in [-0.15, -0.1) is 0 Å². The molecule has 0 aromatic carbocycles. The van der Waals surface area contributed by atoms with Crippen LogP contribution in [0.5, 0.6) is 0 Å². The van der Waals surface area contributed by atoms with Crippen molar-refractivity contribution in [3.8, 4) is 0 Å². The molecule has 1 unspecified atom stereocenters. The first-order valence-electron chi connectivity index (χ1n) is 8.14. The number of anilines is 2. The lowest BCUT2D eigenvalue weighted by molar-refractivity contribution is 0.328. The molecule has 0 fully saturated rings. The summed E-state index contributed by atoms with van der Waals surface area (Å²) in [5, 5.41) is 3.39. The van der Waals surface area contributed by atoms with Gasteiger partial charge >= 0.3 is 0 Å². The number of aryl methyl sites for hydroxylation is 1. The van der Waals surface area contributed by atoms with Crippen molar-refractivity contribution in [2.24, 2.45) is 5.41 Å². The van der Waals surface area contributed by atoms with E-state index >= 15 is 0 Å². The third-order valence-corrected chi connectivity index (χ3v) is 3.98. The second kappa shape index (κ2) is 7.62. The van der Waals surface area contributed by atoms with Crippen LogP contribution < -0.4 is 10.2 Å². The number of nitrogens with one attached hydrogen (secondary N) is 1. The fourth-order valence-electron chi connectivity index (χ4n) is 2.12. The van der Waals surface area contributed by atoms with E-state index < -0.39 is 0 Å². The minimum atomic E-state index is 0.210. The number of nitrogens with zero attached hydrogens (tertiary/aromatic N) is 3. The van der Waals surface area contributed by atoms with E-state index in [0.717, 1.165) is 43.3 Å². The zero-order chi connectivity index (χ0) is 16.0. The number of aromatic nitrogens is 2. The lowest BCUT2D eigenvalue weighted by Crippen LogP contribution is -2.40. The molecular weight excluding hydrogens is 260 g/mol. The normalized spacial score (nSPS) is 13.1. The molecule has 0 aliphatic heterocycles. The van der Waals surface area contributed by atoms with Crippen molar-refractivity contribution in [2.45, 2.75) is 66.8 Å². The summed E-state index contributed by atoms with van der Waals surface area (Å²) in [5.74, 6) is 2.88. The van der Waals surface area contributed by atoms with Gasteiger partial charge in [-0.3, -0.25) is 0 Å². The Morgan fingerprint density at radius 1 is 1.19 bits per heavy atom. The predicted molar refractivity (Wildman–Crippen MR) is 92.1 cm³/mol. The van der Waals surface area contributed by atoms with E-state index in [0.29, 0.717) is 6.04 Å². The molecule has 0 aliphatic rings. The van der Waals surface area contributed by atoms with Crippen LogP contribution in [0.25, 0.3) is 0 Å². The van der Waals surface area contributed by atoms with Crippen LogP contribution in [-0.4, -0.2) is 29.6 Å². The standard InChI is InChI=1S/C17H32N4/c1-8-10-14-19-15(18-11-9-2)12-16(20-14)21(7)13(3)17(4,5)6/h12-13H,8-11H2,1-7H3,(H,18,19,20). The van der Waals surface area contributed by atoms with Crippen LogP contribution in [0, 0.1) is 5.41 Å². The van der Waals surface area contributed by atoms with E-state index in [1.54, 1.807) is 0 Å². The molecule has 4 heteroatoms. The van der Waals surface area contributed by atoms with E-state index in [4.69, 9.17) is 4.98 Å². The Labute approximate surface area is 130 Å². The maximum atomic E-state index is 4.74. The smallest absolute Gasteiger partial charge is 0.134 e. The summed E-state index contributed by atoms with van der Waals surface area (Å²) < 4.78 is 0. The molecule has 0 radical (unpaired) electrons.